The highest BCUT2D eigenvalue weighted by molar-refractivity contribution is 5.94. The fourth-order valence-corrected chi connectivity index (χ4v) is 2.94. The lowest BCUT2D eigenvalue weighted by Gasteiger charge is -2.07. The van der Waals surface area contributed by atoms with Crippen LogP contribution in [0.15, 0.2) is 58.3 Å². The molecular weight excluding hydrogens is 412 g/mol. The standard InChI is InChI=1S/C21H20N8O3/c1-13-4-3-5-16(10-13)12-31-17-8-6-15(7-9-17)11-23-25-21(30)18-14(2)24-28-29(18)20-19(22)26-32-27-20/h3-11H,12H2,1-2H3,(H2,22,26)(H,25,30)/b23-11+. The number of hydrazone groups is 1. The van der Waals surface area contributed by atoms with Crippen LogP contribution in [0.5, 0.6) is 5.75 Å². The maximum Gasteiger partial charge on any atom is 0.292 e. The number of aromatic nitrogens is 5. The number of nitrogens with zero attached hydrogens (tertiary/aromatic N) is 6. The van der Waals surface area contributed by atoms with Gasteiger partial charge in [-0.1, -0.05) is 35.0 Å². The quantitative estimate of drug-likeness (QED) is 0.334. The molecule has 0 spiro atoms. The topological polar surface area (TPSA) is 146 Å². The van der Waals surface area contributed by atoms with Gasteiger partial charge in [-0.3, -0.25) is 4.79 Å². The Bertz CT molecular complexity index is 1260. The van der Waals surface area contributed by atoms with Crippen molar-refractivity contribution in [2.75, 3.05) is 5.73 Å². The largest absolute Gasteiger partial charge is 0.489 e. The van der Waals surface area contributed by atoms with Crippen molar-refractivity contribution in [2.45, 2.75) is 20.5 Å². The lowest BCUT2D eigenvalue weighted by Crippen LogP contribution is -2.22. The summed E-state index contributed by atoms with van der Waals surface area (Å²) in [5.74, 6) is 0.250. The molecule has 1 amide bonds. The lowest BCUT2D eigenvalue weighted by atomic mass is 10.1. The number of hydrogen-bond acceptors (Lipinski definition) is 9. The van der Waals surface area contributed by atoms with Crippen LogP contribution >= 0.6 is 0 Å². The van der Waals surface area contributed by atoms with E-state index in [4.69, 9.17) is 10.5 Å². The summed E-state index contributed by atoms with van der Waals surface area (Å²) < 4.78 is 11.5. The highest BCUT2D eigenvalue weighted by Crippen LogP contribution is 2.16. The zero-order valence-corrected chi connectivity index (χ0v) is 17.4. The molecule has 0 bridgehead atoms. The van der Waals surface area contributed by atoms with Gasteiger partial charge in [0.15, 0.2) is 5.69 Å². The summed E-state index contributed by atoms with van der Waals surface area (Å²) in [6.45, 7) is 4.15. The minimum Gasteiger partial charge on any atom is -0.489 e. The van der Waals surface area contributed by atoms with Gasteiger partial charge in [-0.15, -0.1) is 5.10 Å². The highest BCUT2D eigenvalue weighted by atomic mass is 16.6. The number of carbonyl (C=O) groups is 1. The number of rotatable bonds is 7. The number of benzene rings is 2. The van der Waals surface area contributed by atoms with E-state index in [1.165, 1.54) is 11.8 Å². The molecule has 0 unspecified atom stereocenters. The van der Waals surface area contributed by atoms with Gasteiger partial charge in [0, 0.05) is 0 Å². The minimum atomic E-state index is -0.538. The average Bonchev–Trinajstić information content (AvgIpc) is 3.38. The molecule has 32 heavy (non-hydrogen) atoms. The van der Waals surface area contributed by atoms with Crippen molar-refractivity contribution in [3.8, 4) is 11.6 Å². The summed E-state index contributed by atoms with van der Waals surface area (Å²) >= 11 is 0. The molecule has 0 saturated carbocycles. The van der Waals surface area contributed by atoms with Crippen LogP contribution in [0.4, 0.5) is 5.82 Å². The third-order valence-electron chi connectivity index (χ3n) is 4.50. The molecule has 0 aliphatic carbocycles. The Labute approximate surface area is 182 Å². The molecule has 0 aliphatic rings. The fourth-order valence-electron chi connectivity index (χ4n) is 2.94. The number of nitrogens with two attached hydrogens (primary N) is 1. The normalized spacial score (nSPS) is 11.1. The third-order valence-corrected chi connectivity index (χ3v) is 4.50. The van der Waals surface area contributed by atoms with E-state index in [1.807, 2.05) is 49.4 Å². The van der Waals surface area contributed by atoms with Crippen LogP contribution in [0.2, 0.25) is 0 Å². The number of nitrogens with one attached hydrogen (secondary N) is 1. The second kappa shape index (κ2) is 9.08. The number of anilines is 1. The molecule has 0 saturated heterocycles. The molecular formula is C21H20N8O3. The molecule has 0 aliphatic heterocycles. The van der Waals surface area contributed by atoms with Crippen LogP contribution in [0.3, 0.4) is 0 Å². The van der Waals surface area contributed by atoms with Gasteiger partial charge < -0.3 is 10.5 Å². The highest BCUT2D eigenvalue weighted by Gasteiger charge is 2.22. The molecule has 0 fully saturated rings. The van der Waals surface area contributed by atoms with E-state index in [1.54, 1.807) is 6.92 Å². The van der Waals surface area contributed by atoms with E-state index in [0.29, 0.717) is 12.3 Å². The maximum absolute atomic E-state index is 12.6. The molecule has 0 radical (unpaired) electrons. The number of ether oxygens (including phenoxy) is 1. The Morgan fingerprint density at radius 3 is 2.75 bits per heavy atom. The minimum absolute atomic E-state index is 0.0165. The van der Waals surface area contributed by atoms with Crippen molar-refractivity contribution in [3.63, 3.8) is 0 Å². The fraction of sp³-hybridized carbons (Fsp3) is 0.143. The number of amides is 1. The molecule has 2 heterocycles. The molecule has 11 heteroatoms. The van der Waals surface area contributed by atoms with Crippen LogP contribution in [0.1, 0.15) is 32.9 Å². The Morgan fingerprint density at radius 2 is 2.03 bits per heavy atom. The average molecular weight is 432 g/mol. The van der Waals surface area contributed by atoms with Crippen LogP contribution in [-0.4, -0.2) is 37.4 Å². The molecule has 3 N–H and O–H groups in total. The summed E-state index contributed by atoms with van der Waals surface area (Å²) in [6.07, 6.45) is 1.51. The first-order valence-electron chi connectivity index (χ1n) is 9.64. The van der Waals surface area contributed by atoms with Gasteiger partial charge >= 0.3 is 0 Å². The van der Waals surface area contributed by atoms with Crippen LogP contribution in [0.25, 0.3) is 5.82 Å². The zero-order chi connectivity index (χ0) is 22.5. The predicted molar refractivity (Wildman–Crippen MR) is 115 cm³/mol. The zero-order valence-electron chi connectivity index (χ0n) is 17.4. The Kier molecular flexibility index (Phi) is 5.88. The summed E-state index contributed by atoms with van der Waals surface area (Å²) in [5.41, 5.74) is 11.7. The molecule has 0 atom stereocenters. The number of hydrogen-bond donors (Lipinski definition) is 2. The van der Waals surface area contributed by atoms with Crippen LogP contribution in [-0.2, 0) is 6.61 Å². The summed E-state index contributed by atoms with van der Waals surface area (Å²) in [7, 11) is 0. The van der Waals surface area contributed by atoms with Crippen LogP contribution < -0.4 is 15.9 Å². The van der Waals surface area contributed by atoms with Gasteiger partial charge in [0.1, 0.15) is 12.4 Å². The monoisotopic (exact) mass is 432 g/mol. The van der Waals surface area contributed by atoms with Crippen molar-refractivity contribution < 1.29 is 14.2 Å². The number of nitrogen functional groups attached to an aromatic ring is 1. The Hall–Kier alpha value is -4.54. The van der Waals surface area contributed by atoms with Crippen molar-refractivity contribution >= 4 is 17.9 Å². The summed E-state index contributed by atoms with van der Waals surface area (Å²) in [6, 6.07) is 15.5. The summed E-state index contributed by atoms with van der Waals surface area (Å²) in [4.78, 5) is 12.6. The van der Waals surface area contributed by atoms with Gasteiger partial charge in [0.2, 0.25) is 11.6 Å². The number of carbonyl (C=O) groups excluding carboxylic acids is 1. The van der Waals surface area contributed by atoms with Crippen molar-refractivity contribution in [3.05, 3.63) is 76.6 Å². The van der Waals surface area contributed by atoms with E-state index < -0.39 is 5.91 Å². The molecule has 2 aromatic carbocycles. The molecule has 4 rings (SSSR count). The van der Waals surface area contributed by atoms with Crippen molar-refractivity contribution in [1.29, 1.82) is 0 Å². The van der Waals surface area contributed by atoms with E-state index >= 15 is 0 Å². The van der Waals surface area contributed by atoms with Gasteiger partial charge in [-0.2, -0.15) is 9.78 Å². The van der Waals surface area contributed by atoms with E-state index in [-0.39, 0.29) is 17.3 Å². The van der Waals surface area contributed by atoms with Gasteiger partial charge in [0.05, 0.1) is 11.9 Å². The SMILES string of the molecule is Cc1cccc(COc2ccc(/C=N/NC(=O)c3c(C)nnn3-c3nonc3N)cc2)c1. The van der Waals surface area contributed by atoms with Gasteiger partial charge in [-0.25, -0.2) is 10.1 Å². The first-order chi connectivity index (χ1) is 15.5. The molecule has 162 valence electrons. The molecule has 11 nitrogen and oxygen atoms in total. The van der Waals surface area contributed by atoms with Gasteiger partial charge in [0.25, 0.3) is 5.91 Å². The smallest absolute Gasteiger partial charge is 0.292 e. The van der Waals surface area contributed by atoms with E-state index in [2.05, 4.69) is 41.8 Å². The Morgan fingerprint density at radius 1 is 1.22 bits per heavy atom. The first kappa shape index (κ1) is 20.7. The first-order valence-corrected chi connectivity index (χ1v) is 9.64. The third kappa shape index (κ3) is 4.61. The number of aryl methyl sites for hydroxylation is 2. The maximum atomic E-state index is 12.6. The molecule has 4 aromatic rings. The summed E-state index contributed by atoms with van der Waals surface area (Å²) in [5, 5.41) is 18.8. The van der Waals surface area contributed by atoms with E-state index in [0.717, 1.165) is 21.6 Å². The predicted octanol–water partition coefficient (Wildman–Crippen LogP) is 2.19. The second-order valence-corrected chi connectivity index (χ2v) is 6.95. The van der Waals surface area contributed by atoms with Crippen LogP contribution in [0, 0.1) is 13.8 Å². The Balaban J connectivity index is 1.37. The lowest BCUT2D eigenvalue weighted by molar-refractivity contribution is 0.0946. The van der Waals surface area contributed by atoms with Crippen molar-refractivity contribution in [2.24, 2.45) is 5.10 Å². The van der Waals surface area contributed by atoms with E-state index in [9.17, 15) is 4.79 Å². The second-order valence-electron chi connectivity index (χ2n) is 6.95. The van der Waals surface area contributed by atoms with Gasteiger partial charge in [-0.05, 0) is 59.6 Å². The van der Waals surface area contributed by atoms with Crippen molar-refractivity contribution in [1.82, 2.24) is 30.7 Å². The molecule has 2 aromatic heterocycles.